The minimum atomic E-state index is -8.93. The van der Waals surface area contributed by atoms with Crippen LogP contribution in [0.2, 0.25) is 0 Å². The van der Waals surface area contributed by atoms with E-state index in [9.17, 15) is 164 Å². The number of hydrogen-bond acceptors (Lipinski definition) is 6. The number of hydrogen-bond donors (Lipinski definition) is 1. The van der Waals surface area contributed by atoms with Gasteiger partial charge in [0.1, 0.15) is 0 Å². The van der Waals surface area contributed by atoms with E-state index in [0.29, 0.717) is 57.1 Å². The predicted octanol–water partition coefficient (Wildman–Crippen LogP) is 18.5. The molecule has 0 aliphatic heterocycles. The van der Waals surface area contributed by atoms with Crippen molar-refractivity contribution in [1.82, 2.24) is 0 Å². The molecular formula is C46H46F34O7. The Morgan fingerprint density at radius 3 is 0.874 bits per heavy atom. The second kappa shape index (κ2) is 27.6. The lowest BCUT2D eigenvalue weighted by Gasteiger charge is -2.42. The molecule has 0 fully saturated rings. The molecule has 0 aliphatic rings. The summed E-state index contributed by atoms with van der Waals surface area (Å²) in [6.07, 6.45) is -23.8. The third-order valence-electron chi connectivity index (χ3n) is 12.2. The van der Waals surface area contributed by atoms with Gasteiger partial charge in [-0.3, -0.25) is 0 Å². The third-order valence-corrected chi connectivity index (χ3v) is 12.2. The summed E-state index contributed by atoms with van der Waals surface area (Å²) >= 11 is 0. The van der Waals surface area contributed by atoms with Gasteiger partial charge in [0.2, 0.25) is 5.75 Å². The molecule has 1 rings (SSSR count). The Hall–Kier alpha value is -5.08. The van der Waals surface area contributed by atoms with Crippen molar-refractivity contribution in [1.29, 1.82) is 0 Å². The molecule has 1 aromatic carbocycles. The van der Waals surface area contributed by atoms with Crippen LogP contribution in [-0.2, 0) is 9.53 Å². The molecule has 0 aliphatic carbocycles. The van der Waals surface area contributed by atoms with Crippen LogP contribution in [0.5, 0.6) is 17.2 Å². The SMILES string of the molecule is C=C(C)C(=O)OCCCCCCCCCCCOc1cc(C(=O)O)cc(OCCCCC(F)(F)C(F)(F)C(F)(F)C(F)(F)C(F)(F)C(F)(F)C(F)(F)C(F)(F)F)c1OCCCCC(F)(F)C(F)(F)C(F)(F)C(F)(F)C(F)(F)C(F)(F)C(F)(F)C(F)(F)F. The monoisotopic (exact) mass is 1360 g/mol. The van der Waals surface area contributed by atoms with Gasteiger partial charge in [-0.05, 0) is 57.6 Å². The van der Waals surface area contributed by atoms with Gasteiger partial charge in [0.15, 0.2) is 11.5 Å². The summed E-state index contributed by atoms with van der Waals surface area (Å²) in [4.78, 5) is 23.4. The number of carboxylic acids is 1. The lowest BCUT2D eigenvalue weighted by atomic mass is 9.88. The maximum atomic E-state index is 14.6. The number of carbonyl (C=O) groups is 2. The van der Waals surface area contributed by atoms with Crippen LogP contribution in [-0.4, -0.2) is 139 Å². The predicted molar refractivity (Wildman–Crippen MR) is 226 cm³/mol. The molecule has 1 N–H and O–H groups in total. The van der Waals surface area contributed by atoms with E-state index in [0.717, 1.165) is 0 Å². The zero-order chi connectivity index (χ0) is 68.7. The number of ether oxygens (including phenoxy) is 4. The van der Waals surface area contributed by atoms with Gasteiger partial charge in [-0.1, -0.05) is 51.5 Å². The van der Waals surface area contributed by atoms with Crippen molar-refractivity contribution in [2.45, 2.75) is 199 Å². The van der Waals surface area contributed by atoms with E-state index >= 15 is 0 Å². The standard InChI is InChI=1S/C46H46F34O7/c1-24(2)30(83)87-21-13-9-7-5-3-4-6-8-12-18-84-26-22-25(29(81)82)23-27(85-19-14-10-16-31(47,48)33(51,52)35(55,56)37(59,60)39(63,64)41(67,68)43(71,72)45(75,76)77)28(26)86-20-15-11-17-32(49,50)34(53,54)36(57,58)38(61,62)40(65,66)42(69,70)44(73,74)46(78,79)80/h22-23H,1,3-21H2,2H3,(H,81,82). The number of aromatic carboxylic acids is 1. The Balaban J connectivity index is 3.49. The first-order chi connectivity index (χ1) is 38.7. The van der Waals surface area contributed by atoms with Crippen LogP contribution in [0, 0.1) is 0 Å². The quantitative estimate of drug-likeness (QED) is 0.0304. The van der Waals surface area contributed by atoms with Crippen molar-refractivity contribution < 1.29 is 183 Å². The first-order valence-electron chi connectivity index (χ1n) is 24.2. The molecule has 0 heterocycles. The first-order valence-corrected chi connectivity index (χ1v) is 24.2. The summed E-state index contributed by atoms with van der Waals surface area (Å²) in [5.74, 6) is -123. The number of carboxylic acid groups (broad SMARTS) is 1. The van der Waals surface area contributed by atoms with Crippen LogP contribution in [0.15, 0.2) is 24.3 Å². The summed E-state index contributed by atoms with van der Waals surface area (Å²) in [6.45, 7) is 1.70. The van der Waals surface area contributed by atoms with E-state index < -0.39 is 188 Å². The van der Waals surface area contributed by atoms with Crippen LogP contribution in [0.25, 0.3) is 0 Å². The summed E-state index contributed by atoms with van der Waals surface area (Å²) < 4.78 is 487. The Morgan fingerprint density at radius 2 is 0.598 bits per heavy atom. The maximum absolute atomic E-state index is 14.6. The van der Waals surface area contributed by atoms with Crippen LogP contribution in [0.4, 0.5) is 149 Å². The van der Waals surface area contributed by atoms with Crippen LogP contribution in [0.1, 0.15) is 114 Å². The van der Waals surface area contributed by atoms with Crippen molar-refractivity contribution in [3.8, 4) is 17.2 Å². The van der Waals surface area contributed by atoms with Crippen molar-refractivity contribution >= 4 is 11.9 Å². The molecule has 0 amide bonds. The van der Waals surface area contributed by atoms with E-state index in [1.807, 2.05) is 0 Å². The molecule has 0 saturated carbocycles. The highest BCUT2D eigenvalue weighted by Gasteiger charge is 2.97. The van der Waals surface area contributed by atoms with E-state index in [1.165, 1.54) is 6.92 Å². The van der Waals surface area contributed by atoms with Crippen molar-refractivity contribution in [2.75, 3.05) is 26.4 Å². The second-order valence-corrected chi connectivity index (χ2v) is 19.0. The second-order valence-electron chi connectivity index (χ2n) is 19.0. The van der Waals surface area contributed by atoms with E-state index in [4.69, 9.17) is 18.9 Å². The molecule has 0 atom stereocenters. The number of rotatable bonds is 39. The normalized spacial score (nSPS) is 14.7. The molecule has 0 aromatic heterocycles. The topological polar surface area (TPSA) is 91.3 Å². The highest BCUT2D eigenvalue weighted by molar-refractivity contribution is 5.89. The van der Waals surface area contributed by atoms with Crippen molar-refractivity contribution in [3.05, 3.63) is 29.8 Å². The Kier molecular flexibility index (Phi) is 25.3. The van der Waals surface area contributed by atoms with Gasteiger partial charge < -0.3 is 24.1 Å². The summed E-state index contributed by atoms with van der Waals surface area (Å²) in [5.41, 5.74) is -0.796. The number of carbonyl (C=O) groups excluding carboxylic acids is 1. The fraction of sp³-hybridized carbons (Fsp3) is 0.783. The van der Waals surface area contributed by atoms with E-state index in [1.54, 1.807) is 0 Å². The van der Waals surface area contributed by atoms with Gasteiger partial charge >= 0.3 is 107 Å². The smallest absolute Gasteiger partial charge is 0.460 e. The number of benzene rings is 1. The number of alkyl halides is 34. The zero-order valence-electron chi connectivity index (χ0n) is 43.5. The molecule has 41 heteroatoms. The first kappa shape index (κ1) is 79.9. The number of halogens is 34. The molecule has 0 unspecified atom stereocenters. The van der Waals surface area contributed by atoms with Crippen LogP contribution < -0.4 is 14.2 Å². The van der Waals surface area contributed by atoms with Crippen molar-refractivity contribution in [2.24, 2.45) is 0 Å². The Labute approximate surface area is 467 Å². The van der Waals surface area contributed by atoms with Crippen molar-refractivity contribution in [3.63, 3.8) is 0 Å². The molecule has 510 valence electrons. The van der Waals surface area contributed by atoms with Gasteiger partial charge in [0, 0.05) is 18.4 Å². The number of unbranched alkanes of at least 4 members (excludes halogenated alkanes) is 10. The highest BCUT2D eigenvalue weighted by atomic mass is 19.4. The van der Waals surface area contributed by atoms with Crippen LogP contribution >= 0.6 is 0 Å². The van der Waals surface area contributed by atoms with Crippen LogP contribution in [0.3, 0.4) is 0 Å². The molecule has 0 radical (unpaired) electrons. The Morgan fingerprint density at radius 1 is 0.356 bits per heavy atom. The van der Waals surface area contributed by atoms with Gasteiger partial charge in [-0.2, -0.15) is 149 Å². The lowest BCUT2D eigenvalue weighted by Crippen LogP contribution is -2.74. The van der Waals surface area contributed by atoms with E-state index in [2.05, 4.69) is 6.58 Å². The average molecular weight is 1360 g/mol. The summed E-state index contributed by atoms with van der Waals surface area (Å²) in [7, 11) is 0. The lowest BCUT2D eigenvalue weighted by molar-refractivity contribution is -0.461. The molecule has 7 nitrogen and oxygen atoms in total. The fourth-order valence-electron chi connectivity index (χ4n) is 6.93. The largest absolute Gasteiger partial charge is 0.490 e. The van der Waals surface area contributed by atoms with Gasteiger partial charge in [-0.25, -0.2) is 9.59 Å². The minimum absolute atomic E-state index is 0.0201. The summed E-state index contributed by atoms with van der Waals surface area (Å²) in [5, 5.41) is 9.65. The maximum Gasteiger partial charge on any atom is 0.460 e. The van der Waals surface area contributed by atoms with Gasteiger partial charge in [0.05, 0.1) is 32.0 Å². The number of esters is 1. The molecule has 0 spiro atoms. The molecular weight excluding hydrogens is 1310 g/mol. The molecule has 0 bridgehead atoms. The fourth-order valence-corrected chi connectivity index (χ4v) is 6.93. The average Bonchev–Trinajstić information content (AvgIpc) is 0.717. The highest BCUT2D eigenvalue weighted by Crippen LogP contribution is 2.66. The van der Waals surface area contributed by atoms with E-state index in [-0.39, 0.29) is 25.0 Å². The van der Waals surface area contributed by atoms with Gasteiger partial charge in [-0.15, -0.1) is 0 Å². The summed E-state index contributed by atoms with van der Waals surface area (Å²) in [6, 6.07) is 0.858. The molecule has 87 heavy (non-hydrogen) atoms. The zero-order valence-corrected chi connectivity index (χ0v) is 43.5. The van der Waals surface area contributed by atoms with Gasteiger partial charge in [0.25, 0.3) is 0 Å². The molecule has 1 aromatic rings. The third kappa shape index (κ3) is 15.7. The minimum Gasteiger partial charge on any atom is -0.490 e. The Bertz CT molecular complexity index is 2430. The molecule has 0 saturated heterocycles.